The van der Waals surface area contributed by atoms with Crippen LogP contribution in [0.1, 0.15) is 24.4 Å². The highest BCUT2D eigenvalue weighted by Crippen LogP contribution is 2.35. The van der Waals surface area contributed by atoms with Gasteiger partial charge in [-0.15, -0.1) is 0 Å². The van der Waals surface area contributed by atoms with Crippen LogP contribution in [0.2, 0.25) is 0 Å². The first-order valence-corrected chi connectivity index (χ1v) is 6.62. The summed E-state index contributed by atoms with van der Waals surface area (Å²) in [7, 11) is 2.17. The summed E-state index contributed by atoms with van der Waals surface area (Å²) in [6.45, 7) is 2.99. The zero-order valence-electron chi connectivity index (χ0n) is 10.7. The second-order valence-electron chi connectivity index (χ2n) is 5.33. The fourth-order valence-electron chi connectivity index (χ4n) is 2.80. The van der Waals surface area contributed by atoms with Gasteiger partial charge >= 0.3 is 0 Å². The molecule has 0 saturated carbocycles. The summed E-state index contributed by atoms with van der Waals surface area (Å²) in [6.07, 6.45) is 2.39. The standard InChI is InChI=1S/C14H20N2O2/c1-16-6-4-10(5-7-16)15-13-9-18-14-8-11(17)2-3-12(13)14/h2-3,8,10,13,15,17H,4-7,9H2,1H3. The van der Waals surface area contributed by atoms with Gasteiger partial charge in [0.2, 0.25) is 0 Å². The molecule has 2 aliphatic heterocycles. The van der Waals surface area contributed by atoms with Crippen molar-refractivity contribution in [2.45, 2.75) is 24.9 Å². The van der Waals surface area contributed by atoms with Gasteiger partial charge in [0.25, 0.3) is 0 Å². The fraction of sp³-hybridized carbons (Fsp3) is 0.571. The van der Waals surface area contributed by atoms with Crippen LogP contribution < -0.4 is 10.1 Å². The Morgan fingerprint density at radius 1 is 1.33 bits per heavy atom. The van der Waals surface area contributed by atoms with Gasteiger partial charge in [0.15, 0.2) is 0 Å². The van der Waals surface area contributed by atoms with Crippen LogP contribution in [0.3, 0.4) is 0 Å². The van der Waals surface area contributed by atoms with Crippen LogP contribution in [0.15, 0.2) is 18.2 Å². The van der Waals surface area contributed by atoms with E-state index in [1.807, 2.05) is 6.07 Å². The van der Waals surface area contributed by atoms with E-state index in [0.717, 1.165) is 18.8 Å². The number of hydrogen-bond acceptors (Lipinski definition) is 4. The minimum Gasteiger partial charge on any atom is -0.508 e. The average molecular weight is 248 g/mol. The van der Waals surface area contributed by atoms with Crippen LogP contribution in [0.4, 0.5) is 0 Å². The molecule has 2 aliphatic rings. The molecule has 4 heteroatoms. The van der Waals surface area contributed by atoms with E-state index in [-0.39, 0.29) is 11.8 Å². The molecular weight excluding hydrogens is 228 g/mol. The van der Waals surface area contributed by atoms with E-state index < -0.39 is 0 Å². The van der Waals surface area contributed by atoms with Gasteiger partial charge in [-0.2, -0.15) is 0 Å². The number of hydrogen-bond donors (Lipinski definition) is 2. The molecule has 0 radical (unpaired) electrons. The van der Waals surface area contributed by atoms with Crippen molar-refractivity contribution in [1.82, 2.24) is 10.2 Å². The lowest BCUT2D eigenvalue weighted by atomic mass is 10.0. The molecule has 1 aromatic rings. The van der Waals surface area contributed by atoms with Crippen LogP contribution in [0.5, 0.6) is 11.5 Å². The molecule has 3 rings (SSSR count). The molecule has 2 N–H and O–H groups in total. The van der Waals surface area contributed by atoms with Crippen LogP contribution in [0, 0.1) is 0 Å². The highest BCUT2D eigenvalue weighted by Gasteiger charge is 2.27. The number of aromatic hydroxyl groups is 1. The Kier molecular flexibility index (Phi) is 3.14. The summed E-state index contributed by atoms with van der Waals surface area (Å²) in [4.78, 5) is 2.37. The second-order valence-corrected chi connectivity index (χ2v) is 5.33. The Bertz CT molecular complexity index is 428. The van der Waals surface area contributed by atoms with Crippen molar-refractivity contribution >= 4 is 0 Å². The molecule has 0 bridgehead atoms. The summed E-state index contributed by atoms with van der Waals surface area (Å²) in [5.41, 5.74) is 1.17. The number of rotatable bonds is 2. The van der Waals surface area contributed by atoms with Crippen LogP contribution in [0.25, 0.3) is 0 Å². The molecule has 0 aromatic heterocycles. The SMILES string of the molecule is CN1CCC(NC2COc3cc(O)ccc32)CC1. The molecule has 4 nitrogen and oxygen atoms in total. The van der Waals surface area contributed by atoms with Crippen molar-refractivity contribution in [2.24, 2.45) is 0 Å². The number of ether oxygens (including phenoxy) is 1. The van der Waals surface area contributed by atoms with E-state index in [0.29, 0.717) is 12.6 Å². The zero-order valence-corrected chi connectivity index (χ0v) is 10.7. The molecular formula is C14H20N2O2. The first-order chi connectivity index (χ1) is 8.72. The summed E-state index contributed by atoms with van der Waals surface area (Å²) in [5, 5.41) is 13.1. The maximum Gasteiger partial charge on any atom is 0.127 e. The Morgan fingerprint density at radius 3 is 2.89 bits per heavy atom. The number of nitrogens with zero attached hydrogens (tertiary/aromatic N) is 1. The van der Waals surface area contributed by atoms with Gasteiger partial charge in [-0.1, -0.05) is 0 Å². The van der Waals surface area contributed by atoms with E-state index >= 15 is 0 Å². The average Bonchev–Trinajstić information content (AvgIpc) is 2.74. The van der Waals surface area contributed by atoms with Crippen LogP contribution in [-0.4, -0.2) is 42.8 Å². The fourth-order valence-corrected chi connectivity index (χ4v) is 2.80. The molecule has 2 heterocycles. The summed E-state index contributed by atoms with van der Waals surface area (Å²) >= 11 is 0. The number of phenolic OH excluding ortho intramolecular Hbond substituents is 1. The lowest BCUT2D eigenvalue weighted by Crippen LogP contribution is -2.42. The molecule has 1 fully saturated rings. The molecule has 0 spiro atoms. The van der Waals surface area contributed by atoms with Gasteiger partial charge in [-0.25, -0.2) is 0 Å². The van der Waals surface area contributed by atoms with Crippen LogP contribution >= 0.6 is 0 Å². The maximum atomic E-state index is 9.43. The predicted octanol–water partition coefficient (Wildman–Crippen LogP) is 1.51. The van der Waals surface area contributed by atoms with E-state index in [9.17, 15) is 5.11 Å². The molecule has 1 unspecified atom stereocenters. The lowest BCUT2D eigenvalue weighted by molar-refractivity contribution is 0.213. The quantitative estimate of drug-likeness (QED) is 0.832. The van der Waals surface area contributed by atoms with Gasteiger partial charge in [0.1, 0.15) is 18.1 Å². The van der Waals surface area contributed by atoms with Crippen molar-refractivity contribution in [3.05, 3.63) is 23.8 Å². The number of benzene rings is 1. The normalized spacial score (nSPS) is 24.8. The van der Waals surface area contributed by atoms with Gasteiger partial charge in [0, 0.05) is 17.7 Å². The van der Waals surface area contributed by atoms with Gasteiger partial charge in [-0.05, 0) is 45.1 Å². The molecule has 0 amide bonds. The molecule has 18 heavy (non-hydrogen) atoms. The third-order valence-corrected chi connectivity index (χ3v) is 3.93. The summed E-state index contributed by atoms with van der Waals surface area (Å²) in [5.74, 6) is 1.09. The molecule has 0 aliphatic carbocycles. The highest BCUT2D eigenvalue weighted by molar-refractivity contribution is 5.44. The summed E-state index contributed by atoms with van der Waals surface area (Å²) in [6, 6.07) is 6.25. The van der Waals surface area contributed by atoms with Gasteiger partial charge < -0.3 is 20.1 Å². The maximum absolute atomic E-state index is 9.43. The minimum absolute atomic E-state index is 0.272. The largest absolute Gasteiger partial charge is 0.508 e. The van der Waals surface area contributed by atoms with E-state index in [1.54, 1.807) is 12.1 Å². The third-order valence-electron chi connectivity index (χ3n) is 3.93. The number of fused-ring (bicyclic) bond motifs is 1. The van der Waals surface area contributed by atoms with E-state index in [2.05, 4.69) is 17.3 Å². The number of phenols is 1. The number of likely N-dealkylation sites (tertiary alicyclic amines) is 1. The van der Waals surface area contributed by atoms with E-state index in [1.165, 1.54) is 18.4 Å². The van der Waals surface area contributed by atoms with Crippen molar-refractivity contribution in [1.29, 1.82) is 0 Å². The molecule has 98 valence electrons. The van der Waals surface area contributed by atoms with Crippen LogP contribution in [-0.2, 0) is 0 Å². The van der Waals surface area contributed by atoms with Crippen molar-refractivity contribution in [2.75, 3.05) is 26.7 Å². The van der Waals surface area contributed by atoms with Gasteiger partial charge in [0.05, 0.1) is 6.04 Å². The Balaban J connectivity index is 1.66. The predicted molar refractivity (Wildman–Crippen MR) is 70.0 cm³/mol. The lowest BCUT2D eigenvalue weighted by Gasteiger charge is -2.31. The monoisotopic (exact) mass is 248 g/mol. The smallest absolute Gasteiger partial charge is 0.127 e. The molecule has 1 saturated heterocycles. The van der Waals surface area contributed by atoms with Gasteiger partial charge in [-0.3, -0.25) is 0 Å². The Labute approximate surface area is 108 Å². The highest BCUT2D eigenvalue weighted by atomic mass is 16.5. The number of piperidine rings is 1. The molecule has 1 aromatic carbocycles. The topological polar surface area (TPSA) is 44.7 Å². The Morgan fingerprint density at radius 2 is 2.11 bits per heavy atom. The first kappa shape index (κ1) is 11.8. The third kappa shape index (κ3) is 2.31. The zero-order chi connectivity index (χ0) is 12.5. The van der Waals surface area contributed by atoms with Crippen molar-refractivity contribution < 1.29 is 9.84 Å². The summed E-state index contributed by atoms with van der Waals surface area (Å²) < 4.78 is 5.62. The van der Waals surface area contributed by atoms with Crippen molar-refractivity contribution in [3.63, 3.8) is 0 Å². The molecule has 1 atom stereocenters. The second kappa shape index (κ2) is 4.78. The van der Waals surface area contributed by atoms with E-state index in [4.69, 9.17) is 4.74 Å². The van der Waals surface area contributed by atoms with Crippen molar-refractivity contribution in [3.8, 4) is 11.5 Å². The number of nitrogens with one attached hydrogen (secondary N) is 1. The Hall–Kier alpha value is -1.26. The minimum atomic E-state index is 0.272. The first-order valence-electron chi connectivity index (χ1n) is 6.62.